The summed E-state index contributed by atoms with van der Waals surface area (Å²) in [6, 6.07) is 22.3. The fourth-order valence-corrected chi connectivity index (χ4v) is 2.36. The van der Waals surface area contributed by atoms with Crippen molar-refractivity contribution in [2.24, 2.45) is 0 Å². The van der Waals surface area contributed by atoms with Crippen molar-refractivity contribution in [1.82, 2.24) is 0 Å². The van der Waals surface area contributed by atoms with Gasteiger partial charge in [-0.2, -0.15) is 0 Å². The molecule has 3 aromatic rings. The molecule has 2 nitrogen and oxygen atoms in total. The van der Waals surface area contributed by atoms with Gasteiger partial charge in [-0.15, -0.1) is 0 Å². The summed E-state index contributed by atoms with van der Waals surface area (Å²) in [5, 5.41) is 9.23. The van der Waals surface area contributed by atoms with Crippen molar-refractivity contribution in [3.05, 3.63) is 78.6 Å². The van der Waals surface area contributed by atoms with Crippen LogP contribution in [0.3, 0.4) is 0 Å². The van der Waals surface area contributed by atoms with E-state index in [0.29, 0.717) is 5.56 Å². The van der Waals surface area contributed by atoms with Crippen molar-refractivity contribution in [3.63, 3.8) is 0 Å². The van der Waals surface area contributed by atoms with Crippen LogP contribution in [0, 0.1) is 5.82 Å². The molecule has 0 spiro atoms. The number of hydrogen-bond donors (Lipinski definition) is 2. The molecular weight excluding hydrogens is 265 g/mol. The molecule has 0 aromatic heterocycles. The molecule has 3 rings (SSSR count). The number of hydrogen-bond acceptors (Lipinski definition) is 2. The van der Waals surface area contributed by atoms with Gasteiger partial charge in [0.2, 0.25) is 0 Å². The molecule has 104 valence electrons. The molecule has 3 heteroatoms. The molecule has 0 atom stereocenters. The lowest BCUT2D eigenvalue weighted by Gasteiger charge is -2.12. The average Bonchev–Trinajstić information content (AvgIpc) is 2.55. The van der Waals surface area contributed by atoms with E-state index in [2.05, 4.69) is 0 Å². The Balaban J connectivity index is 2.21. The van der Waals surface area contributed by atoms with Gasteiger partial charge in [-0.3, -0.25) is 10.7 Å². The van der Waals surface area contributed by atoms with E-state index in [1.54, 1.807) is 0 Å². The van der Waals surface area contributed by atoms with Crippen LogP contribution >= 0.6 is 0 Å². The molecule has 3 aromatic carbocycles. The maximum atomic E-state index is 14.3. The Morgan fingerprint density at radius 3 is 1.86 bits per heavy atom. The van der Waals surface area contributed by atoms with Crippen LogP contribution in [0.5, 0.6) is 0 Å². The van der Waals surface area contributed by atoms with E-state index in [9.17, 15) is 9.60 Å². The first kappa shape index (κ1) is 13.3. The highest BCUT2D eigenvalue weighted by Crippen LogP contribution is 2.34. The van der Waals surface area contributed by atoms with Crippen LogP contribution in [0.4, 0.5) is 10.1 Å². The zero-order valence-electron chi connectivity index (χ0n) is 11.3. The van der Waals surface area contributed by atoms with Crippen LogP contribution in [0.25, 0.3) is 22.3 Å². The van der Waals surface area contributed by atoms with Gasteiger partial charge in [0.15, 0.2) is 0 Å². The van der Waals surface area contributed by atoms with E-state index in [-0.39, 0.29) is 5.69 Å². The van der Waals surface area contributed by atoms with Crippen molar-refractivity contribution in [2.45, 2.75) is 0 Å². The van der Waals surface area contributed by atoms with Crippen molar-refractivity contribution in [3.8, 4) is 22.3 Å². The van der Waals surface area contributed by atoms with E-state index in [4.69, 9.17) is 0 Å². The van der Waals surface area contributed by atoms with Crippen molar-refractivity contribution in [1.29, 1.82) is 0 Å². The zero-order chi connectivity index (χ0) is 14.7. The minimum absolute atomic E-state index is 0.0841. The summed E-state index contributed by atoms with van der Waals surface area (Å²) < 4.78 is 14.3. The molecule has 0 saturated carbocycles. The Morgan fingerprint density at radius 2 is 1.29 bits per heavy atom. The van der Waals surface area contributed by atoms with Crippen molar-refractivity contribution >= 4 is 5.69 Å². The first-order valence-corrected chi connectivity index (χ1v) is 6.64. The Labute approximate surface area is 122 Å². The summed E-state index contributed by atoms with van der Waals surface area (Å²) in [6.07, 6.45) is 0. The van der Waals surface area contributed by atoms with Gasteiger partial charge < -0.3 is 0 Å². The van der Waals surface area contributed by atoms with Gasteiger partial charge in [0.05, 0.1) is 0 Å². The van der Waals surface area contributed by atoms with Crippen molar-refractivity contribution in [2.75, 3.05) is 5.48 Å². The van der Waals surface area contributed by atoms with Crippen LogP contribution < -0.4 is 5.48 Å². The van der Waals surface area contributed by atoms with Gasteiger partial charge in [0, 0.05) is 5.56 Å². The van der Waals surface area contributed by atoms with Crippen LogP contribution in [-0.2, 0) is 0 Å². The number of halogens is 1. The molecule has 0 heterocycles. The SMILES string of the molecule is ONc1c(F)cc(-c2ccccc2)cc1-c1ccccc1. The largest absolute Gasteiger partial charge is 0.291 e. The standard InChI is InChI=1S/C18H14FNO/c19-17-12-15(13-7-3-1-4-8-13)11-16(18(17)20-21)14-9-5-2-6-10-14/h1-12,20-21H. The molecule has 0 aliphatic carbocycles. The molecule has 0 bridgehead atoms. The fraction of sp³-hybridized carbons (Fsp3) is 0. The topological polar surface area (TPSA) is 32.3 Å². The highest BCUT2D eigenvalue weighted by Gasteiger charge is 2.13. The molecule has 0 unspecified atom stereocenters. The van der Waals surface area contributed by atoms with Gasteiger partial charge in [-0.1, -0.05) is 60.7 Å². The fourth-order valence-electron chi connectivity index (χ4n) is 2.36. The number of benzene rings is 3. The molecule has 0 saturated heterocycles. The van der Waals surface area contributed by atoms with Gasteiger partial charge in [-0.05, 0) is 28.8 Å². The normalized spacial score (nSPS) is 10.4. The molecule has 0 amide bonds. The Morgan fingerprint density at radius 1 is 0.714 bits per heavy atom. The molecule has 0 aliphatic heterocycles. The quantitative estimate of drug-likeness (QED) is 0.664. The summed E-state index contributed by atoms with van der Waals surface area (Å²) in [6.45, 7) is 0. The lowest BCUT2D eigenvalue weighted by molar-refractivity contribution is 0.384. The molecular formula is C18H14FNO. The summed E-state index contributed by atoms with van der Waals surface area (Å²) in [7, 11) is 0. The third kappa shape index (κ3) is 2.64. The molecule has 0 aliphatic rings. The Hall–Kier alpha value is -2.65. The molecule has 2 N–H and O–H groups in total. The smallest absolute Gasteiger partial charge is 0.149 e. The third-order valence-electron chi connectivity index (χ3n) is 3.39. The predicted octanol–water partition coefficient (Wildman–Crippen LogP) is 4.96. The minimum atomic E-state index is -0.488. The summed E-state index contributed by atoms with van der Waals surface area (Å²) >= 11 is 0. The average molecular weight is 279 g/mol. The summed E-state index contributed by atoms with van der Waals surface area (Å²) in [5.41, 5.74) is 5.21. The van der Waals surface area contributed by atoms with E-state index in [0.717, 1.165) is 16.7 Å². The second-order valence-electron chi connectivity index (χ2n) is 4.72. The summed E-state index contributed by atoms with van der Waals surface area (Å²) in [4.78, 5) is 0. The number of rotatable bonds is 3. The van der Waals surface area contributed by atoms with Crippen LogP contribution in [0.2, 0.25) is 0 Å². The lowest BCUT2D eigenvalue weighted by atomic mass is 9.97. The third-order valence-corrected chi connectivity index (χ3v) is 3.39. The van der Waals surface area contributed by atoms with E-state index < -0.39 is 5.82 Å². The van der Waals surface area contributed by atoms with Crippen LogP contribution in [0.1, 0.15) is 0 Å². The van der Waals surface area contributed by atoms with Gasteiger partial charge in [0.1, 0.15) is 11.5 Å². The van der Waals surface area contributed by atoms with Gasteiger partial charge in [-0.25, -0.2) is 4.39 Å². The molecule has 0 fully saturated rings. The number of anilines is 1. The van der Waals surface area contributed by atoms with E-state index >= 15 is 0 Å². The van der Waals surface area contributed by atoms with Gasteiger partial charge >= 0.3 is 0 Å². The zero-order valence-corrected chi connectivity index (χ0v) is 11.3. The summed E-state index contributed by atoms with van der Waals surface area (Å²) in [5.74, 6) is -0.488. The second kappa shape index (κ2) is 5.77. The van der Waals surface area contributed by atoms with Crippen molar-refractivity contribution < 1.29 is 9.60 Å². The highest BCUT2D eigenvalue weighted by molar-refractivity contribution is 5.83. The lowest BCUT2D eigenvalue weighted by Crippen LogP contribution is -1.98. The maximum absolute atomic E-state index is 14.3. The van der Waals surface area contributed by atoms with E-state index in [1.807, 2.05) is 72.2 Å². The first-order valence-electron chi connectivity index (χ1n) is 6.64. The van der Waals surface area contributed by atoms with E-state index in [1.165, 1.54) is 6.07 Å². The molecule has 0 radical (unpaired) electrons. The number of nitrogens with one attached hydrogen (secondary N) is 1. The van der Waals surface area contributed by atoms with Crippen LogP contribution in [0.15, 0.2) is 72.8 Å². The maximum Gasteiger partial charge on any atom is 0.149 e. The van der Waals surface area contributed by atoms with Crippen LogP contribution in [-0.4, -0.2) is 5.21 Å². The van der Waals surface area contributed by atoms with Gasteiger partial charge in [0.25, 0.3) is 0 Å². The second-order valence-corrected chi connectivity index (χ2v) is 4.72. The Bertz CT molecular complexity index is 742. The Kier molecular flexibility index (Phi) is 3.67. The first-order chi connectivity index (χ1) is 10.3. The predicted molar refractivity (Wildman–Crippen MR) is 82.7 cm³/mol. The molecule has 21 heavy (non-hydrogen) atoms. The monoisotopic (exact) mass is 279 g/mol. The minimum Gasteiger partial charge on any atom is -0.291 e. The highest BCUT2D eigenvalue weighted by atomic mass is 19.1.